The highest BCUT2D eigenvalue weighted by atomic mass is 16.5. The van der Waals surface area contributed by atoms with Gasteiger partial charge in [-0.1, -0.05) is 96.8 Å². The number of carboxylic acid groups (broad SMARTS) is 1. The molecule has 1 amide bonds. The number of carboxylic acids is 1. The minimum Gasteiger partial charge on any atom is -0.481 e. The van der Waals surface area contributed by atoms with Crippen molar-refractivity contribution in [3.8, 4) is 0 Å². The van der Waals surface area contributed by atoms with Crippen molar-refractivity contribution < 1.29 is 19.4 Å². The summed E-state index contributed by atoms with van der Waals surface area (Å²) in [6.07, 6.45) is 21.8. The van der Waals surface area contributed by atoms with E-state index in [1.54, 1.807) is 0 Å². The average molecular weight is 428 g/mol. The Hall–Kier alpha value is -1.10. The van der Waals surface area contributed by atoms with Crippen LogP contribution in [0.25, 0.3) is 0 Å². The number of hydrogen-bond donors (Lipinski definition) is 2. The van der Waals surface area contributed by atoms with Gasteiger partial charge in [0, 0.05) is 26.0 Å². The zero-order chi connectivity index (χ0) is 22.1. The fraction of sp³-hybridized carbons (Fsp3) is 0.920. The van der Waals surface area contributed by atoms with Crippen LogP contribution in [0.2, 0.25) is 0 Å². The Kier molecular flexibility index (Phi) is 23.3. The molecule has 2 N–H and O–H groups in total. The monoisotopic (exact) mass is 427 g/mol. The van der Waals surface area contributed by atoms with Crippen LogP contribution in [0.1, 0.15) is 129 Å². The number of hydrogen-bond acceptors (Lipinski definition) is 3. The first-order chi connectivity index (χ1) is 14.7. The summed E-state index contributed by atoms with van der Waals surface area (Å²) in [5, 5.41) is 11.5. The zero-order valence-corrected chi connectivity index (χ0v) is 19.7. The summed E-state index contributed by atoms with van der Waals surface area (Å²) in [7, 11) is 0. The molecule has 0 aliphatic rings. The third-order valence-corrected chi connectivity index (χ3v) is 5.46. The smallest absolute Gasteiger partial charge is 0.303 e. The molecule has 0 radical (unpaired) electrons. The molecule has 0 aliphatic heterocycles. The number of ether oxygens (including phenoxy) is 1. The van der Waals surface area contributed by atoms with Gasteiger partial charge < -0.3 is 15.2 Å². The van der Waals surface area contributed by atoms with Gasteiger partial charge in [-0.3, -0.25) is 9.59 Å². The van der Waals surface area contributed by atoms with Gasteiger partial charge in [-0.25, -0.2) is 0 Å². The molecule has 30 heavy (non-hydrogen) atoms. The average Bonchev–Trinajstić information content (AvgIpc) is 2.72. The van der Waals surface area contributed by atoms with Crippen molar-refractivity contribution in [3.05, 3.63) is 0 Å². The topological polar surface area (TPSA) is 75.6 Å². The van der Waals surface area contributed by atoms with Crippen molar-refractivity contribution in [1.82, 2.24) is 5.32 Å². The molecule has 0 aromatic heterocycles. The molecule has 0 saturated carbocycles. The SMILES string of the molecule is CCCOCCNC(=O)CCCCCCCCCCCCCCCCCCC(=O)O. The third-order valence-electron chi connectivity index (χ3n) is 5.46. The summed E-state index contributed by atoms with van der Waals surface area (Å²) >= 11 is 0. The molecule has 0 fully saturated rings. The maximum absolute atomic E-state index is 11.7. The van der Waals surface area contributed by atoms with Crippen molar-refractivity contribution in [2.45, 2.75) is 129 Å². The van der Waals surface area contributed by atoms with Crippen molar-refractivity contribution in [1.29, 1.82) is 0 Å². The van der Waals surface area contributed by atoms with Gasteiger partial charge in [0.25, 0.3) is 0 Å². The van der Waals surface area contributed by atoms with E-state index < -0.39 is 5.97 Å². The number of carbonyl (C=O) groups is 2. The Morgan fingerprint density at radius 1 is 0.633 bits per heavy atom. The quantitative estimate of drug-likeness (QED) is 0.169. The highest BCUT2D eigenvalue weighted by Gasteiger charge is 2.01. The van der Waals surface area contributed by atoms with Crippen molar-refractivity contribution in [2.24, 2.45) is 0 Å². The molecule has 0 aromatic carbocycles. The van der Waals surface area contributed by atoms with Crippen LogP contribution in [0.5, 0.6) is 0 Å². The second-order valence-electron chi connectivity index (χ2n) is 8.51. The molecule has 0 spiro atoms. The third kappa shape index (κ3) is 24.9. The van der Waals surface area contributed by atoms with E-state index in [2.05, 4.69) is 12.2 Å². The molecule has 0 atom stereocenters. The Morgan fingerprint density at radius 3 is 1.43 bits per heavy atom. The molecular weight excluding hydrogens is 378 g/mol. The van der Waals surface area contributed by atoms with Crippen LogP contribution in [0.4, 0.5) is 0 Å². The first-order valence-electron chi connectivity index (χ1n) is 12.7. The van der Waals surface area contributed by atoms with E-state index in [4.69, 9.17) is 9.84 Å². The number of aliphatic carboxylic acids is 1. The van der Waals surface area contributed by atoms with Crippen LogP contribution in [-0.4, -0.2) is 36.7 Å². The molecule has 178 valence electrons. The van der Waals surface area contributed by atoms with E-state index in [0.717, 1.165) is 38.7 Å². The van der Waals surface area contributed by atoms with Crippen LogP contribution < -0.4 is 5.32 Å². The second-order valence-corrected chi connectivity index (χ2v) is 8.51. The van der Waals surface area contributed by atoms with Gasteiger partial charge in [-0.15, -0.1) is 0 Å². The molecule has 0 heterocycles. The van der Waals surface area contributed by atoms with Gasteiger partial charge in [-0.2, -0.15) is 0 Å². The van der Waals surface area contributed by atoms with Gasteiger partial charge in [0.2, 0.25) is 5.91 Å². The summed E-state index contributed by atoms with van der Waals surface area (Å²) in [5.41, 5.74) is 0. The van der Waals surface area contributed by atoms with Crippen LogP contribution in [-0.2, 0) is 14.3 Å². The summed E-state index contributed by atoms with van der Waals surface area (Å²) in [4.78, 5) is 22.1. The normalized spacial score (nSPS) is 11.0. The highest BCUT2D eigenvalue weighted by Crippen LogP contribution is 2.14. The lowest BCUT2D eigenvalue weighted by molar-refractivity contribution is -0.137. The van der Waals surface area contributed by atoms with Gasteiger partial charge in [-0.05, 0) is 19.3 Å². The van der Waals surface area contributed by atoms with Crippen molar-refractivity contribution in [2.75, 3.05) is 19.8 Å². The molecular formula is C25H49NO4. The minimum atomic E-state index is -0.668. The molecule has 0 aromatic rings. The number of unbranched alkanes of at least 4 members (excludes halogenated alkanes) is 15. The fourth-order valence-corrected chi connectivity index (χ4v) is 3.63. The minimum absolute atomic E-state index is 0.160. The Balaban J connectivity index is 3.11. The Labute approximate surface area is 185 Å². The predicted octanol–water partition coefficient (Wildman–Crippen LogP) is 6.64. The summed E-state index contributed by atoms with van der Waals surface area (Å²) < 4.78 is 5.35. The number of amides is 1. The van der Waals surface area contributed by atoms with Crippen LogP contribution in [0.3, 0.4) is 0 Å². The molecule has 0 rings (SSSR count). The number of rotatable bonds is 24. The van der Waals surface area contributed by atoms with Crippen LogP contribution in [0, 0.1) is 0 Å². The molecule has 5 nitrogen and oxygen atoms in total. The Bertz CT molecular complexity index is 387. The summed E-state index contributed by atoms with van der Waals surface area (Å²) in [6.45, 7) is 4.11. The molecule has 5 heteroatoms. The van der Waals surface area contributed by atoms with Crippen molar-refractivity contribution >= 4 is 11.9 Å². The van der Waals surface area contributed by atoms with E-state index in [1.165, 1.54) is 77.0 Å². The summed E-state index contributed by atoms with van der Waals surface area (Å²) in [5.74, 6) is -0.507. The first-order valence-corrected chi connectivity index (χ1v) is 12.7. The van der Waals surface area contributed by atoms with E-state index in [9.17, 15) is 9.59 Å². The molecule has 0 aliphatic carbocycles. The standard InChI is InChI=1S/C25H49NO4/c1-2-22-30-23-21-26-24(27)19-17-15-13-11-9-7-5-3-4-6-8-10-12-14-16-18-20-25(28)29/h2-23H2,1H3,(H,26,27)(H,28,29). The lowest BCUT2D eigenvalue weighted by atomic mass is 10.0. The molecule has 0 bridgehead atoms. The first kappa shape index (κ1) is 28.9. The van der Waals surface area contributed by atoms with E-state index in [-0.39, 0.29) is 5.91 Å². The fourth-order valence-electron chi connectivity index (χ4n) is 3.63. The van der Waals surface area contributed by atoms with Gasteiger partial charge in [0.15, 0.2) is 0 Å². The zero-order valence-electron chi connectivity index (χ0n) is 19.7. The highest BCUT2D eigenvalue weighted by molar-refractivity contribution is 5.75. The lowest BCUT2D eigenvalue weighted by Gasteiger charge is -2.06. The lowest BCUT2D eigenvalue weighted by Crippen LogP contribution is -2.27. The maximum atomic E-state index is 11.7. The predicted molar refractivity (Wildman–Crippen MR) is 125 cm³/mol. The maximum Gasteiger partial charge on any atom is 0.303 e. The Morgan fingerprint density at radius 2 is 1.03 bits per heavy atom. The van der Waals surface area contributed by atoms with Gasteiger partial charge in [0.05, 0.1) is 6.61 Å². The summed E-state index contributed by atoms with van der Waals surface area (Å²) in [6, 6.07) is 0. The van der Waals surface area contributed by atoms with E-state index >= 15 is 0 Å². The van der Waals surface area contributed by atoms with Gasteiger partial charge in [0.1, 0.15) is 0 Å². The van der Waals surface area contributed by atoms with Crippen molar-refractivity contribution in [3.63, 3.8) is 0 Å². The van der Waals surface area contributed by atoms with Crippen LogP contribution >= 0.6 is 0 Å². The molecule has 0 unspecified atom stereocenters. The number of nitrogens with one attached hydrogen (secondary N) is 1. The second kappa shape index (κ2) is 24.2. The largest absolute Gasteiger partial charge is 0.481 e. The van der Waals surface area contributed by atoms with Crippen LogP contribution in [0.15, 0.2) is 0 Å². The number of carbonyl (C=O) groups excluding carboxylic acids is 1. The molecule has 0 saturated heterocycles. The van der Waals surface area contributed by atoms with Gasteiger partial charge >= 0.3 is 5.97 Å². The van der Waals surface area contributed by atoms with E-state index in [1.807, 2.05) is 0 Å². The van der Waals surface area contributed by atoms with E-state index in [0.29, 0.717) is 26.0 Å².